The lowest BCUT2D eigenvalue weighted by atomic mass is 9.96. The molecule has 4 N–H and O–H groups in total. The van der Waals surface area contributed by atoms with Crippen molar-refractivity contribution in [1.82, 2.24) is 19.7 Å². The SMILES string of the molecule is C=CCn1c(COc2ccc(Cl)cc2)nn([C@@H]2O[C@H](CO)[C@@H](O)[C@H](O)[C@H]2NC(C)=O)c1=S. The Bertz CT molecular complexity index is 1010. The average Bonchev–Trinajstić information content (AvgIpc) is 3.07. The minimum atomic E-state index is -1.42. The summed E-state index contributed by atoms with van der Waals surface area (Å²) in [5.74, 6) is 0.570. The predicted molar refractivity (Wildman–Crippen MR) is 118 cm³/mol. The van der Waals surface area contributed by atoms with Gasteiger partial charge in [0.1, 0.15) is 36.7 Å². The number of carbonyl (C=O) groups excluding carboxylic acids is 1. The second kappa shape index (κ2) is 10.6. The fraction of sp³-hybridized carbons (Fsp3) is 0.450. The number of aromatic nitrogens is 3. The van der Waals surface area contributed by atoms with Gasteiger partial charge in [-0.3, -0.25) is 9.36 Å². The molecule has 1 amide bonds. The quantitative estimate of drug-likeness (QED) is 0.322. The van der Waals surface area contributed by atoms with Crippen LogP contribution in [0.25, 0.3) is 0 Å². The van der Waals surface area contributed by atoms with Crippen molar-refractivity contribution in [3.05, 3.63) is 52.5 Å². The van der Waals surface area contributed by atoms with Crippen molar-refractivity contribution in [2.45, 2.75) is 50.7 Å². The van der Waals surface area contributed by atoms with Gasteiger partial charge in [0.15, 0.2) is 12.1 Å². The number of hydrogen-bond donors (Lipinski definition) is 4. The second-order valence-corrected chi connectivity index (χ2v) is 8.04. The van der Waals surface area contributed by atoms with Gasteiger partial charge in [-0.2, -0.15) is 5.10 Å². The van der Waals surface area contributed by atoms with Crippen molar-refractivity contribution in [3.63, 3.8) is 0 Å². The number of nitrogens with zero attached hydrogens (tertiary/aromatic N) is 3. The first kappa shape index (κ1) is 24.4. The number of allylic oxidation sites excluding steroid dienone is 1. The number of nitrogens with one attached hydrogen (secondary N) is 1. The number of aliphatic hydroxyl groups excluding tert-OH is 3. The third-order valence-corrected chi connectivity index (χ3v) is 5.63. The number of hydrogen-bond acceptors (Lipinski definition) is 8. The number of ether oxygens (including phenoxy) is 2. The van der Waals surface area contributed by atoms with Gasteiger partial charge >= 0.3 is 0 Å². The van der Waals surface area contributed by atoms with E-state index in [4.69, 9.17) is 33.3 Å². The summed E-state index contributed by atoms with van der Waals surface area (Å²) in [5, 5.41) is 38.0. The Morgan fingerprint density at radius 3 is 2.66 bits per heavy atom. The van der Waals surface area contributed by atoms with Crippen LogP contribution in [0.3, 0.4) is 0 Å². The van der Waals surface area contributed by atoms with E-state index in [1.165, 1.54) is 11.6 Å². The van der Waals surface area contributed by atoms with Gasteiger partial charge in [-0.25, -0.2) is 4.68 Å². The highest BCUT2D eigenvalue weighted by Crippen LogP contribution is 2.29. The van der Waals surface area contributed by atoms with Crippen molar-refractivity contribution in [3.8, 4) is 5.75 Å². The minimum Gasteiger partial charge on any atom is -0.486 e. The maximum Gasteiger partial charge on any atom is 0.217 e. The summed E-state index contributed by atoms with van der Waals surface area (Å²) in [6.07, 6.45) is -3.38. The lowest BCUT2D eigenvalue weighted by molar-refractivity contribution is -0.219. The van der Waals surface area contributed by atoms with E-state index in [2.05, 4.69) is 17.0 Å². The molecule has 12 heteroatoms. The Balaban J connectivity index is 1.96. The highest BCUT2D eigenvalue weighted by Gasteiger charge is 2.46. The molecule has 0 radical (unpaired) electrons. The molecular weight excluding hydrogens is 460 g/mol. The van der Waals surface area contributed by atoms with Gasteiger partial charge in [0, 0.05) is 18.5 Å². The molecule has 1 fully saturated rings. The molecule has 2 aromatic rings. The van der Waals surface area contributed by atoms with Gasteiger partial charge in [0.05, 0.1) is 6.61 Å². The normalized spacial score (nSPS) is 25.3. The van der Waals surface area contributed by atoms with Crippen LogP contribution in [0, 0.1) is 4.77 Å². The van der Waals surface area contributed by atoms with E-state index in [0.717, 1.165) is 0 Å². The molecule has 0 aliphatic carbocycles. The lowest BCUT2D eigenvalue weighted by Gasteiger charge is -2.42. The summed E-state index contributed by atoms with van der Waals surface area (Å²) in [6.45, 7) is 4.84. The summed E-state index contributed by atoms with van der Waals surface area (Å²) in [4.78, 5) is 11.7. The average molecular weight is 485 g/mol. The molecule has 5 atom stereocenters. The van der Waals surface area contributed by atoms with Crippen LogP contribution in [0.5, 0.6) is 5.75 Å². The number of halogens is 1. The number of benzene rings is 1. The summed E-state index contributed by atoms with van der Waals surface area (Å²) in [6, 6.07) is 5.76. The van der Waals surface area contributed by atoms with Gasteiger partial charge in [0.25, 0.3) is 0 Å². The Kier molecular flexibility index (Phi) is 8.04. The Hall–Kier alpha value is -2.28. The summed E-state index contributed by atoms with van der Waals surface area (Å²) in [7, 11) is 0. The molecule has 174 valence electrons. The van der Waals surface area contributed by atoms with E-state index in [0.29, 0.717) is 23.1 Å². The van der Waals surface area contributed by atoms with Crippen molar-refractivity contribution in [1.29, 1.82) is 0 Å². The molecule has 3 rings (SSSR count). The number of rotatable bonds is 8. The molecule has 2 heterocycles. The van der Waals surface area contributed by atoms with E-state index >= 15 is 0 Å². The maximum atomic E-state index is 11.7. The predicted octanol–water partition coefficient (Wildman–Crippen LogP) is 0.949. The Morgan fingerprint density at radius 2 is 2.06 bits per heavy atom. The molecule has 0 spiro atoms. The van der Waals surface area contributed by atoms with E-state index < -0.39 is 43.1 Å². The van der Waals surface area contributed by atoms with Gasteiger partial charge in [-0.1, -0.05) is 17.7 Å². The third-order valence-electron chi connectivity index (χ3n) is 4.97. The lowest BCUT2D eigenvalue weighted by Crippen LogP contribution is -2.62. The van der Waals surface area contributed by atoms with Crippen LogP contribution in [-0.4, -0.2) is 66.5 Å². The molecule has 0 unspecified atom stereocenters. The highest BCUT2D eigenvalue weighted by molar-refractivity contribution is 7.71. The van der Waals surface area contributed by atoms with Crippen LogP contribution in [0.4, 0.5) is 0 Å². The smallest absolute Gasteiger partial charge is 0.217 e. The zero-order valence-corrected chi connectivity index (χ0v) is 18.9. The first-order chi connectivity index (χ1) is 15.3. The number of carbonyl (C=O) groups is 1. The van der Waals surface area contributed by atoms with Crippen LogP contribution >= 0.6 is 23.8 Å². The Morgan fingerprint density at radius 1 is 1.38 bits per heavy atom. The second-order valence-electron chi connectivity index (χ2n) is 7.24. The van der Waals surface area contributed by atoms with Crippen LogP contribution in [-0.2, 0) is 22.7 Å². The molecule has 32 heavy (non-hydrogen) atoms. The topological polar surface area (TPSA) is 131 Å². The summed E-state index contributed by atoms with van der Waals surface area (Å²) < 4.78 is 14.8. The van der Waals surface area contributed by atoms with Crippen LogP contribution < -0.4 is 10.1 Å². The molecule has 0 bridgehead atoms. The molecule has 1 aromatic heterocycles. The highest BCUT2D eigenvalue weighted by atomic mass is 35.5. The maximum absolute atomic E-state index is 11.7. The van der Waals surface area contributed by atoms with Crippen molar-refractivity contribution in [2.24, 2.45) is 0 Å². The van der Waals surface area contributed by atoms with E-state index in [1.54, 1.807) is 34.9 Å². The van der Waals surface area contributed by atoms with E-state index in [-0.39, 0.29) is 11.4 Å². The largest absolute Gasteiger partial charge is 0.486 e. The zero-order valence-electron chi connectivity index (χ0n) is 17.3. The summed E-state index contributed by atoms with van der Waals surface area (Å²) >= 11 is 11.5. The fourth-order valence-electron chi connectivity index (χ4n) is 3.42. The fourth-order valence-corrected chi connectivity index (χ4v) is 3.87. The molecule has 1 aromatic carbocycles. The van der Waals surface area contributed by atoms with Gasteiger partial charge < -0.3 is 30.1 Å². The first-order valence-electron chi connectivity index (χ1n) is 9.83. The van der Waals surface area contributed by atoms with E-state index in [1.807, 2.05) is 0 Å². The van der Waals surface area contributed by atoms with Gasteiger partial charge in [-0.15, -0.1) is 6.58 Å². The molecule has 1 aliphatic rings. The monoisotopic (exact) mass is 484 g/mol. The van der Waals surface area contributed by atoms with E-state index in [9.17, 15) is 20.1 Å². The molecule has 10 nitrogen and oxygen atoms in total. The van der Waals surface area contributed by atoms with Crippen LogP contribution in [0.2, 0.25) is 5.02 Å². The molecule has 1 saturated heterocycles. The van der Waals surface area contributed by atoms with Gasteiger partial charge in [0.2, 0.25) is 10.7 Å². The van der Waals surface area contributed by atoms with Crippen molar-refractivity contribution >= 4 is 29.7 Å². The van der Waals surface area contributed by atoms with Crippen LogP contribution in [0.15, 0.2) is 36.9 Å². The first-order valence-corrected chi connectivity index (χ1v) is 10.6. The van der Waals surface area contributed by atoms with Crippen LogP contribution in [0.1, 0.15) is 19.0 Å². The van der Waals surface area contributed by atoms with Crippen molar-refractivity contribution in [2.75, 3.05) is 6.61 Å². The van der Waals surface area contributed by atoms with Gasteiger partial charge in [-0.05, 0) is 36.5 Å². The minimum absolute atomic E-state index is 0.0538. The summed E-state index contributed by atoms with van der Waals surface area (Å²) in [5.41, 5.74) is 0. The molecular formula is C20H25ClN4O6S. The molecule has 0 saturated carbocycles. The third kappa shape index (κ3) is 5.20. The zero-order chi connectivity index (χ0) is 23.4. The number of aliphatic hydroxyl groups is 3. The van der Waals surface area contributed by atoms with Crippen molar-refractivity contribution < 1.29 is 29.6 Å². The Labute approximate surface area is 194 Å². The molecule has 1 aliphatic heterocycles. The standard InChI is InChI=1S/C20H25ClN4O6S/c1-3-8-24-15(10-30-13-6-4-12(21)5-7-13)23-25(20(24)32)19-16(22-11(2)27)18(29)17(28)14(9-26)31-19/h3-7,14,16-19,26,28-29H,1,8-10H2,2H3,(H,22,27)/t14-,16-,17-,18-,19-/m1/s1. The number of amides is 1.